The van der Waals surface area contributed by atoms with Gasteiger partial charge >= 0.3 is 0 Å². The number of nitrogens with two attached hydrogens (primary N) is 1. The van der Waals surface area contributed by atoms with Crippen molar-refractivity contribution in [2.45, 2.75) is 20.8 Å². The molecule has 0 bridgehead atoms. The Hall–Kier alpha value is -2.23. The lowest BCUT2D eigenvalue weighted by Crippen LogP contribution is -2.46. The van der Waals surface area contributed by atoms with Crippen molar-refractivity contribution in [2.24, 2.45) is 0 Å². The Morgan fingerprint density at radius 3 is 2.32 bits per heavy atom. The standard InChI is InChI=1S/C18H24N4/c1-13-5-4-6-17(15(13)3)22-9-7-21(8-10-22)16-11-14(2)18(19)20-12-16/h4-6,11-12H,7-10H2,1-3H3,(H2,19,20). The zero-order valence-corrected chi connectivity index (χ0v) is 13.6. The lowest BCUT2D eigenvalue weighted by atomic mass is 10.1. The van der Waals surface area contributed by atoms with Gasteiger partial charge in [0.05, 0.1) is 11.9 Å². The molecule has 116 valence electrons. The number of anilines is 3. The molecule has 0 atom stereocenters. The minimum Gasteiger partial charge on any atom is -0.383 e. The van der Waals surface area contributed by atoms with Gasteiger partial charge in [-0.15, -0.1) is 0 Å². The van der Waals surface area contributed by atoms with Crippen molar-refractivity contribution in [1.29, 1.82) is 0 Å². The molecule has 1 aromatic heterocycles. The van der Waals surface area contributed by atoms with E-state index >= 15 is 0 Å². The molecule has 1 aliphatic heterocycles. The predicted molar refractivity (Wildman–Crippen MR) is 93.7 cm³/mol. The zero-order chi connectivity index (χ0) is 15.7. The van der Waals surface area contributed by atoms with E-state index < -0.39 is 0 Å². The van der Waals surface area contributed by atoms with Crippen LogP contribution in [0.4, 0.5) is 17.2 Å². The summed E-state index contributed by atoms with van der Waals surface area (Å²) in [6.07, 6.45) is 1.88. The zero-order valence-electron chi connectivity index (χ0n) is 13.6. The number of nitrogen functional groups attached to an aromatic ring is 1. The highest BCUT2D eigenvalue weighted by atomic mass is 15.3. The van der Waals surface area contributed by atoms with Crippen molar-refractivity contribution in [2.75, 3.05) is 41.7 Å². The Morgan fingerprint density at radius 2 is 1.64 bits per heavy atom. The second-order valence-electron chi connectivity index (χ2n) is 6.09. The SMILES string of the molecule is Cc1cc(N2CCN(c3cccc(C)c3C)CC2)cnc1N. The van der Waals surface area contributed by atoms with Crippen LogP contribution >= 0.6 is 0 Å². The first-order valence-corrected chi connectivity index (χ1v) is 7.84. The molecule has 1 saturated heterocycles. The van der Waals surface area contributed by atoms with E-state index in [2.05, 4.69) is 52.9 Å². The molecule has 1 fully saturated rings. The van der Waals surface area contributed by atoms with Gasteiger partial charge in [-0.2, -0.15) is 0 Å². The van der Waals surface area contributed by atoms with Crippen LogP contribution < -0.4 is 15.5 Å². The van der Waals surface area contributed by atoms with E-state index in [4.69, 9.17) is 5.73 Å². The third-order valence-electron chi connectivity index (χ3n) is 4.67. The fourth-order valence-electron chi connectivity index (χ4n) is 3.03. The van der Waals surface area contributed by atoms with Gasteiger partial charge in [-0.25, -0.2) is 4.98 Å². The molecule has 2 heterocycles. The van der Waals surface area contributed by atoms with Gasteiger partial charge in [0, 0.05) is 31.9 Å². The molecule has 0 amide bonds. The van der Waals surface area contributed by atoms with Crippen LogP contribution in [0.25, 0.3) is 0 Å². The number of hydrogen-bond donors (Lipinski definition) is 1. The summed E-state index contributed by atoms with van der Waals surface area (Å²) in [6.45, 7) is 10.5. The normalized spacial score (nSPS) is 15.2. The third-order valence-corrected chi connectivity index (χ3v) is 4.67. The smallest absolute Gasteiger partial charge is 0.126 e. The molecular weight excluding hydrogens is 272 g/mol. The maximum atomic E-state index is 5.81. The molecule has 3 rings (SSSR count). The predicted octanol–water partition coefficient (Wildman–Crippen LogP) is 2.92. The van der Waals surface area contributed by atoms with Crippen molar-refractivity contribution in [1.82, 2.24) is 4.98 Å². The van der Waals surface area contributed by atoms with E-state index in [0.29, 0.717) is 5.82 Å². The molecule has 2 aromatic rings. The van der Waals surface area contributed by atoms with Gasteiger partial charge in [0.15, 0.2) is 0 Å². The molecule has 0 saturated carbocycles. The van der Waals surface area contributed by atoms with E-state index in [1.54, 1.807) is 0 Å². The second-order valence-corrected chi connectivity index (χ2v) is 6.09. The summed E-state index contributed by atoms with van der Waals surface area (Å²) >= 11 is 0. The van der Waals surface area contributed by atoms with E-state index in [9.17, 15) is 0 Å². The summed E-state index contributed by atoms with van der Waals surface area (Å²) < 4.78 is 0. The first-order valence-electron chi connectivity index (χ1n) is 7.84. The molecule has 0 spiro atoms. The van der Waals surface area contributed by atoms with Crippen LogP contribution in [0, 0.1) is 20.8 Å². The number of aromatic nitrogens is 1. The van der Waals surface area contributed by atoms with Gasteiger partial charge in [-0.3, -0.25) is 0 Å². The number of piperazine rings is 1. The summed E-state index contributed by atoms with van der Waals surface area (Å²) in [5.41, 5.74) is 12.1. The van der Waals surface area contributed by atoms with Crippen LogP contribution in [0.15, 0.2) is 30.5 Å². The highest BCUT2D eigenvalue weighted by Crippen LogP contribution is 2.25. The van der Waals surface area contributed by atoms with E-state index in [-0.39, 0.29) is 0 Å². The Kier molecular flexibility index (Phi) is 3.92. The number of rotatable bonds is 2. The van der Waals surface area contributed by atoms with Crippen LogP contribution in [0.3, 0.4) is 0 Å². The van der Waals surface area contributed by atoms with Crippen molar-refractivity contribution in [3.63, 3.8) is 0 Å². The molecule has 1 aliphatic rings. The summed E-state index contributed by atoms with van der Waals surface area (Å²) in [6, 6.07) is 8.69. The summed E-state index contributed by atoms with van der Waals surface area (Å²) in [7, 11) is 0. The third kappa shape index (κ3) is 2.73. The van der Waals surface area contributed by atoms with E-state index in [1.807, 2.05) is 13.1 Å². The largest absolute Gasteiger partial charge is 0.383 e. The average molecular weight is 296 g/mol. The highest BCUT2D eigenvalue weighted by molar-refractivity contribution is 5.58. The minimum absolute atomic E-state index is 0.623. The Morgan fingerprint density at radius 1 is 0.955 bits per heavy atom. The number of aryl methyl sites for hydroxylation is 2. The first-order chi connectivity index (χ1) is 10.6. The molecule has 0 unspecified atom stereocenters. The van der Waals surface area contributed by atoms with Gasteiger partial charge in [-0.05, 0) is 49.6 Å². The number of benzene rings is 1. The minimum atomic E-state index is 0.623. The van der Waals surface area contributed by atoms with Crippen LogP contribution in [0.2, 0.25) is 0 Å². The second kappa shape index (κ2) is 5.87. The van der Waals surface area contributed by atoms with Crippen LogP contribution in [-0.4, -0.2) is 31.2 Å². The van der Waals surface area contributed by atoms with Gasteiger partial charge in [0.2, 0.25) is 0 Å². The average Bonchev–Trinajstić information content (AvgIpc) is 2.53. The fraction of sp³-hybridized carbons (Fsp3) is 0.389. The summed E-state index contributed by atoms with van der Waals surface area (Å²) in [5.74, 6) is 0.623. The van der Waals surface area contributed by atoms with Gasteiger partial charge in [-0.1, -0.05) is 12.1 Å². The lowest BCUT2D eigenvalue weighted by Gasteiger charge is -2.38. The Labute approximate surface area is 132 Å². The topological polar surface area (TPSA) is 45.4 Å². The molecular formula is C18H24N4. The van der Waals surface area contributed by atoms with Crippen molar-refractivity contribution < 1.29 is 0 Å². The Bertz CT molecular complexity index is 673. The molecule has 0 radical (unpaired) electrons. The number of pyridine rings is 1. The van der Waals surface area contributed by atoms with Gasteiger partial charge < -0.3 is 15.5 Å². The van der Waals surface area contributed by atoms with Crippen molar-refractivity contribution in [3.8, 4) is 0 Å². The lowest BCUT2D eigenvalue weighted by molar-refractivity contribution is 0.651. The molecule has 22 heavy (non-hydrogen) atoms. The molecule has 0 aliphatic carbocycles. The van der Waals surface area contributed by atoms with Crippen molar-refractivity contribution >= 4 is 17.2 Å². The van der Waals surface area contributed by atoms with Gasteiger partial charge in [0.25, 0.3) is 0 Å². The molecule has 2 N–H and O–H groups in total. The van der Waals surface area contributed by atoms with Crippen LogP contribution in [0.1, 0.15) is 16.7 Å². The Balaban J connectivity index is 1.72. The van der Waals surface area contributed by atoms with Crippen molar-refractivity contribution in [3.05, 3.63) is 47.2 Å². The van der Waals surface area contributed by atoms with Crippen LogP contribution in [0.5, 0.6) is 0 Å². The monoisotopic (exact) mass is 296 g/mol. The number of hydrogen-bond acceptors (Lipinski definition) is 4. The maximum Gasteiger partial charge on any atom is 0.126 e. The molecule has 1 aromatic carbocycles. The highest BCUT2D eigenvalue weighted by Gasteiger charge is 2.19. The van der Waals surface area contributed by atoms with E-state index in [0.717, 1.165) is 31.7 Å². The molecule has 4 heteroatoms. The summed E-state index contributed by atoms with van der Waals surface area (Å²) in [5, 5.41) is 0. The van der Waals surface area contributed by atoms with Gasteiger partial charge in [0.1, 0.15) is 5.82 Å². The number of nitrogens with zero attached hydrogens (tertiary/aromatic N) is 3. The first kappa shape index (κ1) is 14.7. The molecule has 4 nitrogen and oxygen atoms in total. The van der Waals surface area contributed by atoms with E-state index in [1.165, 1.54) is 22.5 Å². The summed E-state index contributed by atoms with van der Waals surface area (Å²) in [4.78, 5) is 9.15. The quantitative estimate of drug-likeness (QED) is 0.925. The fourth-order valence-corrected chi connectivity index (χ4v) is 3.03. The van der Waals surface area contributed by atoms with Crippen LogP contribution in [-0.2, 0) is 0 Å². The maximum absolute atomic E-state index is 5.81.